The number of hydrogen-bond donors (Lipinski definition) is 0. The number of fused-ring (bicyclic) bond motifs is 9. The molecule has 0 fully saturated rings. The summed E-state index contributed by atoms with van der Waals surface area (Å²) in [4.78, 5) is 9.66. The van der Waals surface area contributed by atoms with Gasteiger partial charge in [-0.3, -0.25) is 4.98 Å². The number of rotatable bonds is 2. The minimum Gasteiger partial charge on any atom is -0.456 e. The summed E-state index contributed by atoms with van der Waals surface area (Å²) in [6.45, 7) is 0. The molecule has 0 spiro atoms. The van der Waals surface area contributed by atoms with Gasteiger partial charge in [0, 0.05) is 38.2 Å². The minimum absolute atomic E-state index is 0.289. The maximum Gasteiger partial charge on any atom is 0.159 e. The molecule has 0 aliphatic rings. The summed E-state index contributed by atoms with van der Waals surface area (Å²) in [7, 11) is 0. The average molecular weight is 537 g/mol. The van der Waals surface area contributed by atoms with Crippen molar-refractivity contribution in [1.29, 1.82) is 5.26 Å². The topological polar surface area (TPSA) is 67.6 Å². The Labute approximate surface area is 239 Å². The van der Waals surface area contributed by atoms with Gasteiger partial charge in [-0.15, -0.1) is 0 Å². The van der Waals surface area contributed by atoms with Crippen LogP contribution in [-0.2, 0) is 0 Å². The van der Waals surface area contributed by atoms with E-state index in [-0.39, 0.29) is 5.69 Å². The quantitative estimate of drug-likeness (QED) is 0.206. The predicted octanol–water partition coefficient (Wildman–Crippen LogP) is 9.32. The number of para-hydroxylation sites is 3. The first-order valence-electron chi connectivity index (χ1n) is 13.8. The van der Waals surface area contributed by atoms with Crippen molar-refractivity contribution in [2.45, 2.75) is 0 Å². The van der Waals surface area contributed by atoms with E-state index in [4.69, 9.17) is 14.4 Å². The van der Waals surface area contributed by atoms with E-state index in [1.54, 1.807) is 6.20 Å². The van der Waals surface area contributed by atoms with Crippen LogP contribution in [0.1, 0.15) is 5.69 Å². The van der Waals surface area contributed by atoms with E-state index in [2.05, 4.69) is 102 Å². The molecular formula is C37H20N4O. The predicted molar refractivity (Wildman–Crippen MR) is 169 cm³/mol. The third kappa shape index (κ3) is 3.12. The first kappa shape index (κ1) is 22.8. The second-order valence-electron chi connectivity index (χ2n) is 10.5. The summed E-state index contributed by atoms with van der Waals surface area (Å²) in [5.41, 5.74) is 8.74. The summed E-state index contributed by atoms with van der Waals surface area (Å²) < 4.78 is 8.56. The third-order valence-corrected chi connectivity index (χ3v) is 8.25. The highest BCUT2D eigenvalue weighted by atomic mass is 16.3. The summed E-state index contributed by atoms with van der Waals surface area (Å²) in [6.07, 6.45) is 1.56. The molecule has 0 amide bonds. The van der Waals surface area contributed by atoms with Gasteiger partial charge in [0.15, 0.2) is 5.69 Å². The van der Waals surface area contributed by atoms with E-state index in [1.165, 1.54) is 0 Å². The first-order chi connectivity index (χ1) is 20.8. The van der Waals surface area contributed by atoms with Crippen molar-refractivity contribution in [2.24, 2.45) is 0 Å². The molecule has 0 saturated carbocycles. The molecule has 0 atom stereocenters. The fourth-order valence-corrected chi connectivity index (χ4v) is 6.47. The largest absolute Gasteiger partial charge is 0.456 e. The van der Waals surface area contributed by atoms with Crippen LogP contribution in [0.4, 0.5) is 0 Å². The van der Waals surface area contributed by atoms with E-state index in [9.17, 15) is 5.26 Å². The van der Waals surface area contributed by atoms with Crippen molar-refractivity contribution in [3.63, 3.8) is 0 Å². The Morgan fingerprint density at radius 1 is 0.619 bits per heavy atom. The molecule has 3 aromatic heterocycles. The SMILES string of the molecule is N#Cc1cnc2c(n1)c(-c1cccc3c1c1ccccc1n3-c1ccccc1)cc1cc3oc4ccccc4c3cc12. The molecule has 0 N–H and O–H groups in total. The molecule has 0 unspecified atom stereocenters. The van der Waals surface area contributed by atoms with Crippen LogP contribution < -0.4 is 0 Å². The van der Waals surface area contributed by atoms with Gasteiger partial charge < -0.3 is 8.98 Å². The Balaban J connectivity index is 1.44. The lowest BCUT2D eigenvalue weighted by molar-refractivity contribution is 0.669. The molecule has 6 aromatic carbocycles. The van der Waals surface area contributed by atoms with Crippen LogP contribution in [0.3, 0.4) is 0 Å². The van der Waals surface area contributed by atoms with E-state index in [1.807, 2.05) is 24.3 Å². The molecule has 3 heterocycles. The monoisotopic (exact) mass is 536 g/mol. The highest BCUT2D eigenvalue weighted by Gasteiger charge is 2.20. The number of nitrogens with zero attached hydrogens (tertiary/aromatic N) is 4. The number of furan rings is 1. The molecule has 194 valence electrons. The van der Waals surface area contributed by atoms with Gasteiger partial charge >= 0.3 is 0 Å². The molecule has 5 heteroatoms. The third-order valence-electron chi connectivity index (χ3n) is 8.25. The van der Waals surface area contributed by atoms with Crippen LogP contribution in [0.25, 0.3) is 82.4 Å². The molecule has 5 nitrogen and oxygen atoms in total. The fraction of sp³-hybridized carbons (Fsp3) is 0. The number of nitriles is 1. The molecule has 9 rings (SSSR count). The van der Waals surface area contributed by atoms with Crippen molar-refractivity contribution in [3.05, 3.63) is 127 Å². The summed E-state index contributed by atoms with van der Waals surface area (Å²) in [5, 5.41) is 16.1. The lowest BCUT2D eigenvalue weighted by Crippen LogP contribution is -1.95. The Kier molecular flexibility index (Phi) is 4.61. The summed E-state index contributed by atoms with van der Waals surface area (Å²) >= 11 is 0. The lowest BCUT2D eigenvalue weighted by atomic mass is 9.94. The number of benzene rings is 6. The lowest BCUT2D eigenvalue weighted by Gasteiger charge is -2.12. The van der Waals surface area contributed by atoms with Gasteiger partial charge in [-0.05, 0) is 59.5 Å². The molecular weight excluding hydrogens is 516 g/mol. The fourth-order valence-electron chi connectivity index (χ4n) is 6.47. The zero-order valence-corrected chi connectivity index (χ0v) is 22.2. The van der Waals surface area contributed by atoms with Gasteiger partial charge in [-0.2, -0.15) is 5.26 Å². The van der Waals surface area contributed by atoms with Crippen molar-refractivity contribution in [3.8, 4) is 22.9 Å². The Bertz CT molecular complexity index is 2590. The Morgan fingerprint density at radius 2 is 1.40 bits per heavy atom. The van der Waals surface area contributed by atoms with Gasteiger partial charge in [-0.25, -0.2) is 4.98 Å². The van der Waals surface area contributed by atoms with Crippen LogP contribution in [0.5, 0.6) is 0 Å². The highest BCUT2D eigenvalue weighted by Crippen LogP contribution is 2.43. The minimum atomic E-state index is 0.289. The maximum absolute atomic E-state index is 9.78. The first-order valence-corrected chi connectivity index (χ1v) is 13.8. The second-order valence-corrected chi connectivity index (χ2v) is 10.5. The van der Waals surface area contributed by atoms with Crippen molar-refractivity contribution in [1.82, 2.24) is 14.5 Å². The zero-order chi connectivity index (χ0) is 27.8. The van der Waals surface area contributed by atoms with Crippen molar-refractivity contribution in [2.75, 3.05) is 0 Å². The zero-order valence-electron chi connectivity index (χ0n) is 22.2. The van der Waals surface area contributed by atoms with Crippen LogP contribution in [0, 0.1) is 11.3 Å². The van der Waals surface area contributed by atoms with Crippen LogP contribution in [0.15, 0.2) is 126 Å². The maximum atomic E-state index is 9.78. The standard InChI is InChI=1S/C37H20N4O/c38-20-23-21-39-36-28-19-29-25-11-5-7-16-33(25)42-34(29)18-22(28)17-30(37(36)40-23)26-13-8-15-32-35(26)27-12-4-6-14-31(27)41(32)24-9-2-1-3-10-24/h1-19,21H. The van der Waals surface area contributed by atoms with E-state index in [0.717, 1.165) is 76.8 Å². The van der Waals surface area contributed by atoms with Gasteiger partial charge in [0.1, 0.15) is 17.2 Å². The van der Waals surface area contributed by atoms with Crippen LogP contribution >= 0.6 is 0 Å². The summed E-state index contributed by atoms with van der Waals surface area (Å²) in [6, 6.07) is 42.0. The average Bonchev–Trinajstić information content (AvgIpc) is 3.59. The molecule has 0 saturated heterocycles. The van der Waals surface area contributed by atoms with E-state index < -0.39 is 0 Å². The molecule has 0 bridgehead atoms. The normalized spacial score (nSPS) is 11.8. The van der Waals surface area contributed by atoms with Crippen LogP contribution in [0.2, 0.25) is 0 Å². The molecule has 0 aliphatic heterocycles. The van der Waals surface area contributed by atoms with E-state index in [0.29, 0.717) is 5.52 Å². The molecule has 42 heavy (non-hydrogen) atoms. The molecule has 9 aromatic rings. The molecule has 0 radical (unpaired) electrons. The van der Waals surface area contributed by atoms with Crippen molar-refractivity contribution >= 4 is 65.6 Å². The Hall–Kier alpha value is -5.99. The Morgan fingerprint density at radius 3 is 2.29 bits per heavy atom. The van der Waals surface area contributed by atoms with E-state index >= 15 is 0 Å². The number of hydrogen-bond acceptors (Lipinski definition) is 4. The van der Waals surface area contributed by atoms with Gasteiger partial charge in [0.25, 0.3) is 0 Å². The second kappa shape index (κ2) is 8.50. The molecule has 0 aliphatic carbocycles. The highest BCUT2D eigenvalue weighted by molar-refractivity contribution is 6.22. The van der Waals surface area contributed by atoms with Crippen molar-refractivity contribution < 1.29 is 4.42 Å². The van der Waals surface area contributed by atoms with Crippen LogP contribution in [-0.4, -0.2) is 14.5 Å². The number of aromatic nitrogens is 3. The van der Waals surface area contributed by atoms with Gasteiger partial charge in [0.05, 0.1) is 28.3 Å². The van der Waals surface area contributed by atoms with Gasteiger partial charge in [0.2, 0.25) is 0 Å². The summed E-state index contributed by atoms with van der Waals surface area (Å²) in [5.74, 6) is 0. The van der Waals surface area contributed by atoms with Gasteiger partial charge in [-0.1, -0.05) is 66.7 Å². The smallest absolute Gasteiger partial charge is 0.159 e.